The quantitative estimate of drug-likeness (QED) is 0.808. The molecule has 17 heavy (non-hydrogen) atoms. The van der Waals surface area contributed by atoms with Gasteiger partial charge in [0, 0.05) is 0 Å². The van der Waals surface area contributed by atoms with Gasteiger partial charge in [-0.3, -0.25) is 0 Å². The Balaban J connectivity index is 2.05. The number of ether oxygens (including phenoxy) is 1. The first-order valence-electron chi connectivity index (χ1n) is 5.15. The number of hydrogen-bond donors (Lipinski definition) is 2. The molecule has 1 aromatic rings. The summed E-state index contributed by atoms with van der Waals surface area (Å²) in [5, 5.41) is 18.4. The number of carboxylic acid groups (broad SMARTS) is 1. The summed E-state index contributed by atoms with van der Waals surface area (Å²) in [7, 11) is 0. The lowest BCUT2D eigenvalue weighted by atomic mass is 10.2. The summed E-state index contributed by atoms with van der Waals surface area (Å²) in [6, 6.07) is 5.81. The molecule has 6 heteroatoms. The highest BCUT2D eigenvalue weighted by atomic mass is 19.1. The summed E-state index contributed by atoms with van der Waals surface area (Å²) >= 11 is 0. The topological polar surface area (TPSA) is 70.0 Å². The Morgan fingerprint density at radius 1 is 1.41 bits per heavy atom. The number of aliphatic hydroxyl groups is 1. The maximum Gasteiger partial charge on any atom is 0.407 e. The Kier molecular flexibility index (Phi) is 3.14. The second-order valence-corrected chi connectivity index (χ2v) is 3.84. The lowest BCUT2D eigenvalue weighted by molar-refractivity contribution is 0.0710. The van der Waals surface area contributed by atoms with Crippen LogP contribution in [0.2, 0.25) is 0 Å². The first kappa shape index (κ1) is 11.7. The van der Waals surface area contributed by atoms with Crippen LogP contribution in [0, 0.1) is 5.82 Å². The van der Waals surface area contributed by atoms with Gasteiger partial charge in [-0.15, -0.1) is 0 Å². The van der Waals surface area contributed by atoms with Crippen LogP contribution >= 0.6 is 0 Å². The molecule has 2 unspecified atom stereocenters. The van der Waals surface area contributed by atoms with Crippen LogP contribution in [0.4, 0.5) is 9.18 Å². The van der Waals surface area contributed by atoms with Crippen LogP contribution in [0.1, 0.15) is 0 Å². The van der Waals surface area contributed by atoms with Gasteiger partial charge in [-0.05, 0) is 12.1 Å². The van der Waals surface area contributed by atoms with E-state index in [1.165, 1.54) is 18.2 Å². The van der Waals surface area contributed by atoms with E-state index < -0.39 is 24.1 Å². The molecule has 1 amide bonds. The molecule has 2 rings (SSSR count). The zero-order valence-electron chi connectivity index (χ0n) is 8.91. The second-order valence-electron chi connectivity index (χ2n) is 3.84. The minimum Gasteiger partial charge on any atom is -0.483 e. The van der Waals surface area contributed by atoms with Crippen LogP contribution in [0.25, 0.3) is 0 Å². The van der Waals surface area contributed by atoms with Crippen LogP contribution < -0.4 is 4.74 Å². The van der Waals surface area contributed by atoms with Gasteiger partial charge in [-0.25, -0.2) is 9.18 Å². The van der Waals surface area contributed by atoms with Gasteiger partial charge in [0.2, 0.25) is 0 Å². The third-order valence-electron chi connectivity index (χ3n) is 2.62. The van der Waals surface area contributed by atoms with Crippen LogP contribution in [0.15, 0.2) is 24.3 Å². The number of β-amino-alcohol motifs (C(OH)–C–C–N with tert-alkyl or cyclic N) is 1. The Hall–Kier alpha value is -1.82. The minimum atomic E-state index is -1.12. The summed E-state index contributed by atoms with van der Waals surface area (Å²) in [5.74, 6) is -0.516. The van der Waals surface area contributed by atoms with E-state index in [2.05, 4.69) is 0 Å². The number of hydrogen-bond acceptors (Lipinski definition) is 3. The maximum atomic E-state index is 13.3. The van der Waals surface area contributed by atoms with Crippen molar-refractivity contribution in [2.24, 2.45) is 0 Å². The Morgan fingerprint density at radius 3 is 2.71 bits per heavy atom. The van der Waals surface area contributed by atoms with Gasteiger partial charge in [0.1, 0.15) is 12.2 Å². The van der Waals surface area contributed by atoms with Gasteiger partial charge >= 0.3 is 6.09 Å². The smallest absolute Gasteiger partial charge is 0.407 e. The number of para-hydroxylation sites is 1. The SMILES string of the molecule is O=C(O)N1CC(O)C(Oc2ccccc2F)C1. The van der Waals surface area contributed by atoms with Crippen LogP contribution in [-0.4, -0.2) is 46.5 Å². The van der Waals surface area contributed by atoms with Gasteiger partial charge in [-0.2, -0.15) is 0 Å². The van der Waals surface area contributed by atoms with Gasteiger partial charge in [0.05, 0.1) is 13.1 Å². The van der Waals surface area contributed by atoms with Crippen molar-refractivity contribution < 1.29 is 24.1 Å². The fraction of sp³-hybridized carbons (Fsp3) is 0.364. The number of likely N-dealkylation sites (tertiary alicyclic amines) is 1. The van der Waals surface area contributed by atoms with Crippen molar-refractivity contribution >= 4 is 6.09 Å². The molecule has 0 aliphatic carbocycles. The highest BCUT2D eigenvalue weighted by molar-refractivity contribution is 5.65. The highest BCUT2D eigenvalue weighted by Crippen LogP contribution is 2.21. The third kappa shape index (κ3) is 2.47. The number of amides is 1. The molecule has 2 N–H and O–H groups in total. The van der Waals surface area contributed by atoms with E-state index in [0.717, 1.165) is 4.90 Å². The molecule has 1 heterocycles. The monoisotopic (exact) mass is 241 g/mol. The first-order valence-corrected chi connectivity index (χ1v) is 5.15. The molecule has 5 nitrogen and oxygen atoms in total. The highest BCUT2D eigenvalue weighted by Gasteiger charge is 2.35. The summed E-state index contributed by atoms with van der Waals surface area (Å²) in [6.07, 6.45) is -2.79. The molecule has 1 aromatic carbocycles. The molecule has 1 aliphatic heterocycles. The van der Waals surface area contributed by atoms with E-state index in [-0.39, 0.29) is 18.8 Å². The van der Waals surface area contributed by atoms with E-state index in [4.69, 9.17) is 9.84 Å². The summed E-state index contributed by atoms with van der Waals surface area (Å²) < 4.78 is 18.6. The molecule has 2 atom stereocenters. The summed E-state index contributed by atoms with van der Waals surface area (Å²) in [6.45, 7) is 0.0132. The molecule has 0 spiro atoms. The van der Waals surface area contributed by atoms with Crippen molar-refractivity contribution in [2.75, 3.05) is 13.1 Å². The maximum absolute atomic E-state index is 13.3. The van der Waals surface area contributed by atoms with Crippen LogP contribution in [-0.2, 0) is 0 Å². The predicted molar refractivity (Wildman–Crippen MR) is 56.4 cm³/mol. The number of carbonyl (C=O) groups is 1. The van der Waals surface area contributed by atoms with Crippen molar-refractivity contribution in [1.29, 1.82) is 0 Å². The zero-order valence-corrected chi connectivity index (χ0v) is 8.91. The molecule has 0 radical (unpaired) electrons. The van der Waals surface area contributed by atoms with E-state index in [9.17, 15) is 14.3 Å². The second kappa shape index (κ2) is 4.58. The normalized spacial score (nSPS) is 23.8. The van der Waals surface area contributed by atoms with E-state index in [0.29, 0.717) is 0 Å². The van der Waals surface area contributed by atoms with Crippen LogP contribution in [0.5, 0.6) is 5.75 Å². The van der Waals surface area contributed by atoms with Gasteiger partial charge < -0.3 is 19.8 Å². The number of halogens is 1. The Bertz CT molecular complexity index is 426. The Labute approximate surface area is 97.0 Å². The van der Waals surface area contributed by atoms with Gasteiger partial charge in [0.15, 0.2) is 11.6 Å². The first-order chi connectivity index (χ1) is 8.08. The number of aliphatic hydroxyl groups excluding tert-OH is 1. The number of rotatable bonds is 2. The molecule has 0 aromatic heterocycles. The van der Waals surface area contributed by atoms with Crippen molar-refractivity contribution in [3.8, 4) is 5.75 Å². The third-order valence-corrected chi connectivity index (χ3v) is 2.62. The number of benzene rings is 1. The van der Waals surface area contributed by atoms with Gasteiger partial charge in [0.25, 0.3) is 0 Å². The lowest BCUT2D eigenvalue weighted by Crippen LogP contribution is -2.30. The molecule has 1 fully saturated rings. The van der Waals surface area contributed by atoms with Crippen molar-refractivity contribution in [1.82, 2.24) is 4.90 Å². The molecular weight excluding hydrogens is 229 g/mol. The molecule has 92 valence electrons. The van der Waals surface area contributed by atoms with E-state index >= 15 is 0 Å². The molecule has 0 saturated carbocycles. The summed E-state index contributed by atoms with van der Waals surface area (Å²) in [5.41, 5.74) is 0. The van der Waals surface area contributed by atoms with Crippen molar-refractivity contribution in [2.45, 2.75) is 12.2 Å². The van der Waals surface area contributed by atoms with Crippen molar-refractivity contribution in [3.63, 3.8) is 0 Å². The largest absolute Gasteiger partial charge is 0.483 e. The molecule has 1 saturated heterocycles. The van der Waals surface area contributed by atoms with E-state index in [1.54, 1.807) is 6.07 Å². The zero-order chi connectivity index (χ0) is 12.4. The van der Waals surface area contributed by atoms with Crippen molar-refractivity contribution in [3.05, 3.63) is 30.1 Å². The van der Waals surface area contributed by atoms with Crippen LogP contribution in [0.3, 0.4) is 0 Å². The minimum absolute atomic E-state index is 0.0174. The predicted octanol–water partition coefficient (Wildman–Crippen LogP) is 0.928. The van der Waals surface area contributed by atoms with Gasteiger partial charge in [-0.1, -0.05) is 12.1 Å². The summed E-state index contributed by atoms with van der Waals surface area (Å²) in [4.78, 5) is 11.7. The lowest BCUT2D eigenvalue weighted by Gasteiger charge is -2.16. The fourth-order valence-electron chi connectivity index (χ4n) is 1.73. The Morgan fingerprint density at radius 2 is 2.12 bits per heavy atom. The average molecular weight is 241 g/mol. The number of nitrogens with zero attached hydrogens (tertiary/aromatic N) is 1. The standard InChI is InChI=1S/C11H12FNO4/c12-7-3-1-2-4-9(7)17-10-6-13(11(15)16)5-8(10)14/h1-4,8,10,14H,5-6H2,(H,15,16). The molecular formula is C11H12FNO4. The molecule has 0 bridgehead atoms. The fourth-order valence-corrected chi connectivity index (χ4v) is 1.73. The molecule has 1 aliphatic rings. The van der Waals surface area contributed by atoms with E-state index in [1.807, 2.05) is 0 Å². The average Bonchev–Trinajstić information content (AvgIpc) is 2.64.